The predicted molar refractivity (Wildman–Crippen MR) is 152 cm³/mol. The van der Waals surface area contributed by atoms with Crippen LogP contribution in [0.5, 0.6) is 0 Å². The fourth-order valence-electron chi connectivity index (χ4n) is 3.58. The summed E-state index contributed by atoms with van der Waals surface area (Å²) in [6.45, 7) is 0. The number of carbonyl (C=O) groups excluding carboxylic acids is 2. The van der Waals surface area contributed by atoms with Crippen molar-refractivity contribution in [3.63, 3.8) is 0 Å². The fraction of sp³-hybridized carbons (Fsp3) is 0.0588. The van der Waals surface area contributed by atoms with Crippen molar-refractivity contribution < 1.29 is 19.1 Å². The van der Waals surface area contributed by atoms with Gasteiger partial charge >= 0.3 is 11.9 Å². The van der Waals surface area contributed by atoms with E-state index in [-0.39, 0.29) is 0 Å². The lowest BCUT2D eigenvalue weighted by Crippen LogP contribution is -1.94. The maximum atomic E-state index is 11.2. The van der Waals surface area contributed by atoms with Crippen molar-refractivity contribution in [2.24, 2.45) is 0 Å². The van der Waals surface area contributed by atoms with Gasteiger partial charge in [0.2, 0.25) is 0 Å². The highest BCUT2D eigenvalue weighted by atomic mass is 16.5. The minimum absolute atomic E-state index is 0.554. The molecule has 0 unspecified atom stereocenters. The monoisotopic (exact) mass is 496 g/mol. The Morgan fingerprint density at radius 1 is 0.526 bits per heavy atom. The van der Waals surface area contributed by atoms with Crippen LogP contribution in [0.25, 0.3) is 35.1 Å². The van der Waals surface area contributed by atoms with Crippen molar-refractivity contribution in [1.29, 1.82) is 0 Å². The molecule has 0 atom stereocenters. The Hall–Kier alpha value is -5.32. The SMILES string of the molecule is COC(=O)C#Cc1ccc(/C=C\c2ccc3ccc(/C=C/c4ccc(C#CC(=O)OC)cc4)cc3c2)cc1. The first kappa shape index (κ1) is 25.8. The molecule has 4 aromatic carbocycles. The molecule has 0 N–H and O–H groups in total. The van der Waals surface area contributed by atoms with Crippen LogP contribution in [-0.2, 0) is 19.1 Å². The Morgan fingerprint density at radius 3 is 1.29 bits per heavy atom. The highest BCUT2D eigenvalue weighted by Crippen LogP contribution is 2.21. The van der Waals surface area contributed by atoms with Crippen LogP contribution >= 0.6 is 0 Å². The molecule has 38 heavy (non-hydrogen) atoms. The van der Waals surface area contributed by atoms with Crippen molar-refractivity contribution in [3.8, 4) is 23.7 Å². The molecule has 4 heteroatoms. The first-order chi connectivity index (χ1) is 18.5. The van der Waals surface area contributed by atoms with Gasteiger partial charge in [-0.25, -0.2) is 9.59 Å². The molecule has 0 aliphatic heterocycles. The summed E-state index contributed by atoms with van der Waals surface area (Å²) in [5.74, 6) is 9.30. The Balaban J connectivity index is 1.45. The number of esters is 2. The molecule has 0 aliphatic carbocycles. The number of hydrogen-bond acceptors (Lipinski definition) is 4. The van der Waals surface area contributed by atoms with Gasteiger partial charge in [-0.1, -0.05) is 84.7 Å². The van der Waals surface area contributed by atoms with Crippen LogP contribution in [0.2, 0.25) is 0 Å². The highest BCUT2D eigenvalue weighted by molar-refractivity contribution is 5.90. The van der Waals surface area contributed by atoms with E-state index in [4.69, 9.17) is 0 Å². The normalized spacial score (nSPS) is 10.5. The lowest BCUT2D eigenvalue weighted by Gasteiger charge is -2.03. The van der Waals surface area contributed by atoms with Crippen LogP contribution in [-0.4, -0.2) is 26.2 Å². The maximum Gasteiger partial charge on any atom is 0.384 e. The van der Waals surface area contributed by atoms with Crippen LogP contribution < -0.4 is 0 Å². The van der Waals surface area contributed by atoms with Crippen molar-refractivity contribution in [2.75, 3.05) is 14.2 Å². The molecule has 0 aliphatic rings. The number of carbonyl (C=O) groups is 2. The molecule has 4 rings (SSSR count). The second-order valence-electron chi connectivity index (χ2n) is 8.26. The maximum absolute atomic E-state index is 11.2. The Kier molecular flexibility index (Phi) is 8.53. The molecule has 0 bridgehead atoms. The molecule has 0 aromatic heterocycles. The average Bonchev–Trinajstić information content (AvgIpc) is 2.97. The van der Waals surface area contributed by atoms with Gasteiger partial charge in [-0.15, -0.1) is 0 Å². The van der Waals surface area contributed by atoms with Gasteiger partial charge in [0.1, 0.15) is 0 Å². The van der Waals surface area contributed by atoms with E-state index in [0.29, 0.717) is 0 Å². The topological polar surface area (TPSA) is 52.6 Å². The Morgan fingerprint density at radius 2 is 0.895 bits per heavy atom. The van der Waals surface area contributed by atoms with Crippen molar-refractivity contribution >= 4 is 47.0 Å². The van der Waals surface area contributed by atoms with E-state index >= 15 is 0 Å². The van der Waals surface area contributed by atoms with Crippen LogP contribution in [0.15, 0.2) is 84.9 Å². The van der Waals surface area contributed by atoms with Gasteiger partial charge in [0.25, 0.3) is 0 Å². The lowest BCUT2D eigenvalue weighted by molar-refractivity contribution is -0.134. The van der Waals surface area contributed by atoms with Crippen molar-refractivity contribution in [1.82, 2.24) is 0 Å². The smallest absolute Gasteiger partial charge is 0.384 e. The molecule has 0 fully saturated rings. The molecule has 4 aromatic rings. The van der Waals surface area contributed by atoms with E-state index in [1.807, 2.05) is 60.7 Å². The third-order valence-corrected chi connectivity index (χ3v) is 5.63. The number of methoxy groups -OCH3 is 2. The van der Waals surface area contributed by atoms with E-state index in [1.165, 1.54) is 19.6 Å². The third kappa shape index (κ3) is 7.34. The first-order valence-corrected chi connectivity index (χ1v) is 11.8. The van der Waals surface area contributed by atoms with Gasteiger partial charge < -0.3 is 9.47 Å². The minimum Gasteiger partial charge on any atom is -0.459 e. The number of benzene rings is 4. The molecule has 0 amide bonds. The summed E-state index contributed by atoms with van der Waals surface area (Å²) in [5, 5.41) is 2.32. The molecule has 0 saturated carbocycles. The van der Waals surface area contributed by atoms with E-state index in [9.17, 15) is 9.59 Å². The highest BCUT2D eigenvalue weighted by Gasteiger charge is 1.98. The molecule has 184 valence electrons. The van der Waals surface area contributed by atoms with E-state index in [1.54, 1.807) is 0 Å². The average molecular weight is 497 g/mol. The van der Waals surface area contributed by atoms with Gasteiger partial charge in [-0.2, -0.15) is 0 Å². The van der Waals surface area contributed by atoms with Crippen LogP contribution in [0.3, 0.4) is 0 Å². The summed E-state index contributed by atoms with van der Waals surface area (Å²) in [4.78, 5) is 22.3. The number of ether oxygens (including phenoxy) is 2. The molecular weight excluding hydrogens is 472 g/mol. The van der Waals surface area contributed by atoms with Crippen molar-refractivity contribution in [3.05, 3.63) is 118 Å². The van der Waals surface area contributed by atoms with Gasteiger partial charge in [-0.05, 0) is 69.4 Å². The third-order valence-electron chi connectivity index (χ3n) is 5.63. The summed E-state index contributed by atoms with van der Waals surface area (Å²) in [6.07, 6.45) is 8.23. The Bertz CT molecular complexity index is 1530. The molecule has 0 spiro atoms. The number of hydrogen-bond donors (Lipinski definition) is 0. The summed E-state index contributed by atoms with van der Waals surface area (Å²) < 4.78 is 9.06. The molecular formula is C34H24O4. The van der Waals surface area contributed by atoms with Crippen LogP contribution in [0.4, 0.5) is 0 Å². The minimum atomic E-state index is -0.554. The fourth-order valence-corrected chi connectivity index (χ4v) is 3.58. The van der Waals surface area contributed by atoms with Crippen molar-refractivity contribution in [2.45, 2.75) is 0 Å². The summed E-state index contributed by atoms with van der Waals surface area (Å²) in [6, 6.07) is 28.1. The van der Waals surface area contributed by atoms with Gasteiger partial charge in [0.05, 0.1) is 14.2 Å². The first-order valence-electron chi connectivity index (χ1n) is 11.8. The quantitative estimate of drug-likeness (QED) is 0.191. The van der Waals surface area contributed by atoms with Crippen LogP contribution in [0.1, 0.15) is 33.4 Å². The second kappa shape index (κ2) is 12.6. The summed E-state index contributed by atoms with van der Waals surface area (Å²) >= 11 is 0. The molecule has 4 nitrogen and oxygen atoms in total. The van der Waals surface area contributed by atoms with E-state index < -0.39 is 11.9 Å². The second-order valence-corrected chi connectivity index (χ2v) is 8.26. The van der Waals surface area contributed by atoms with Crippen LogP contribution in [0, 0.1) is 23.7 Å². The molecule has 0 radical (unpaired) electrons. The molecule has 0 heterocycles. The largest absolute Gasteiger partial charge is 0.459 e. The van der Waals surface area contributed by atoms with Gasteiger partial charge in [0, 0.05) is 23.0 Å². The number of fused-ring (bicyclic) bond motifs is 1. The van der Waals surface area contributed by atoms with E-state index in [2.05, 4.69) is 81.7 Å². The zero-order valence-electron chi connectivity index (χ0n) is 21.0. The van der Waals surface area contributed by atoms with Gasteiger partial charge in [-0.3, -0.25) is 0 Å². The summed E-state index contributed by atoms with van der Waals surface area (Å²) in [7, 11) is 2.62. The van der Waals surface area contributed by atoms with E-state index in [0.717, 1.165) is 38.8 Å². The Labute approximate surface area is 222 Å². The zero-order chi connectivity index (χ0) is 26.7. The number of rotatable bonds is 4. The van der Waals surface area contributed by atoms with Gasteiger partial charge in [0.15, 0.2) is 0 Å². The predicted octanol–water partition coefficient (Wildman–Crippen LogP) is 6.23. The zero-order valence-corrected chi connectivity index (χ0v) is 21.0. The standard InChI is InChI=1S/C34H24O4/c1-37-33(35)21-17-27-7-3-25(4-8-27)11-13-29-15-19-31-20-16-30(24-32(31)23-29)14-12-26-5-9-28(10-6-26)18-22-34(36)38-2/h3-16,19-20,23-24H,1-2H3/b13-11-,14-12+. The lowest BCUT2D eigenvalue weighted by atomic mass is 10.0. The summed E-state index contributed by atoms with van der Waals surface area (Å²) in [5.41, 5.74) is 5.76. The molecule has 0 saturated heterocycles.